The molecule has 1 aliphatic heterocycles. The Morgan fingerprint density at radius 3 is 0.812 bits per heavy atom. The molecule has 6 nitrogen and oxygen atoms in total. The SMILES string of the molecule is C=CCCCCCCCCCCCCCCCCCCCCCCCCCCCCCCCCCCCCCCCCCCCCCCCCCCCCC1CC(=O)OCC(CO)(CO)COC1=O. The number of aliphatic hydroxyl groups excluding tert-OH is 2. The molecule has 0 bridgehead atoms. The smallest absolute Gasteiger partial charge is 0.309 e. The lowest BCUT2D eigenvalue weighted by molar-refractivity contribution is -0.155. The predicted octanol–water partition coefficient (Wildman–Crippen LogP) is 19.5. The summed E-state index contributed by atoms with van der Waals surface area (Å²) in [6.45, 7) is 2.72. The number of cyclic esters (lactones) is 2. The van der Waals surface area contributed by atoms with Gasteiger partial charge in [0.1, 0.15) is 13.2 Å². The molecule has 1 rings (SSSR count). The van der Waals surface area contributed by atoms with Crippen molar-refractivity contribution < 1.29 is 29.3 Å². The van der Waals surface area contributed by atoms with Crippen molar-refractivity contribution in [2.75, 3.05) is 26.4 Å². The Labute approximate surface area is 430 Å². The summed E-state index contributed by atoms with van der Waals surface area (Å²) in [4.78, 5) is 24.7. The van der Waals surface area contributed by atoms with Crippen LogP contribution in [0.1, 0.15) is 340 Å². The van der Waals surface area contributed by atoms with Crippen LogP contribution in [0.3, 0.4) is 0 Å². The van der Waals surface area contributed by atoms with E-state index in [1.54, 1.807) is 0 Å². The maximum Gasteiger partial charge on any atom is 0.309 e. The van der Waals surface area contributed by atoms with Crippen molar-refractivity contribution in [3.05, 3.63) is 12.7 Å². The van der Waals surface area contributed by atoms with Gasteiger partial charge in [-0.1, -0.05) is 321 Å². The zero-order chi connectivity index (χ0) is 49.7. The first-order valence-electron chi connectivity index (χ1n) is 31.2. The van der Waals surface area contributed by atoms with Crippen LogP contribution in [-0.2, 0) is 19.1 Å². The lowest BCUT2D eigenvalue weighted by Gasteiger charge is -2.27. The van der Waals surface area contributed by atoms with E-state index in [1.165, 1.54) is 308 Å². The number of hydrogen-bond acceptors (Lipinski definition) is 6. The number of carbonyl (C=O) groups is 2. The monoisotopic (exact) mass is 973 g/mol. The molecule has 0 aromatic carbocycles. The molecule has 1 unspecified atom stereocenters. The highest BCUT2D eigenvalue weighted by molar-refractivity contribution is 5.80. The molecule has 408 valence electrons. The van der Waals surface area contributed by atoms with Crippen LogP contribution >= 0.6 is 0 Å². The fraction of sp³-hybridized carbons (Fsp3) is 0.937. The Morgan fingerprint density at radius 2 is 0.580 bits per heavy atom. The molecule has 1 heterocycles. The summed E-state index contributed by atoms with van der Waals surface area (Å²) in [6, 6.07) is 0. The van der Waals surface area contributed by atoms with Gasteiger partial charge in [-0.25, -0.2) is 0 Å². The molecule has 1 saturated heterocycles. The van der Waals surface area contributed by atoms with E-state index in [0.717, 1.165) is 19.3 Å². The molecule has 0 saturated carbocycles. The minimum Gasteiger partial charge on any atom is -0.465 e. The van der Waals surface area contributed by atoms with Gasteiger partial charge in [-0.2, -0.15) is 0 Å². The van der Waals surface area contributed by atoms with E-state index in [2.05, 4.69) is 12.7 Å². The number of aliphatic hydroxyl groups is 2. The van der Waals surface area contributed by atoms with E-state index in [1.807, 2.05) is 0 Å². The first kappa shape index (κ1) is 65.6. The van der Waals surface area contributed by atoms with Crippen LogP contribution in [0.5, 0.6) is 0 Å². The molecular formula is C63H120O6. The Balaban J connectivity index is 1.67. The summed E-state index contributed by atoms with van der Waals surface area (Å²) in [5.74, 6) is -1.40. The summed E-state index contributed by atoms with van der Waals surface area (Å²) in [6.07, 6.45) is 74.7. The molecule has 0 radical (unpaired) electrons. The zero-order valence-electron chi connectivity index (χ0n) is 46.2. The summed E-state index contributed by atoms with van der Waals surface area (Å²) < 4.78 is 10.6. The molecule has 0 aliphatic carbocycles. The molecule has 0 aromatic heterocycles. The topological polar surface area (TPSA) is 93.1 Å². The van der Waals surface area contributed by atoms with E-state index in [9.17, 15) is 19.8 Å². The lowest BCUT2D eigenvalue weighted by Crippen LogP contribution is -2.40. The first-order valence-corrected chi connectivity index (χ1v) is 31.2. The number of carbonyl (C=O) groups excluding carboxylic acids is 2. The molecule has 0 spiro atoms. The van der Waals surface area contributed by atoms with Crippen LogP contribution in [0.25, 0.3) is 0 Å². The maximum atomic E-state index is 12.5. The van der Waals surface area contributed by atoms with Gasteiger partial charge in [0.2, 0.25) is 0 Å². The second kappa shape index (κ2) is 52.9. The molecule has 2 N–H and O–H groups in total. The highest BCUT2D eigenvalue weighted by atomic mass is 16.6. The van der Waals surface area contributed by atoms with Gasteiger partial charge in [0.25, 0.3) is 0 Å². The van der Waals surface area contributed by atoms with Crippen LogP contribution in [0, 0.1) is 11.3 Å². The van der Waals surface area contributed by atoms with E-state index in [-0.39, 0.29) is 19.6 Å². The Kier molecular flexibility index (Phi) is 50.3. The van der Waals surface area contributed by atoms with Gasteiger partial charge in [0, 0.05) is 0 Å². The minimum atomic E-state index is -1.12. The van der Waals surface area contributed by atoms with E-state index < -0.39 is 36.5 Å². The van der Waals surface area contributed by atoms with Crippen LogP contribution < -0.4 is 0 Å². The summed E-state index contributed by atoms with van der Waals surface area (Å²) in [5.41, 5.74) is -1.12. The van der Waals surface area contributed by atoms with Gasteiger partial charge in [0.05, 0.1) is 31.0 Å². The maximum absolute atomic E-state index is 12.5. The van der Waals surface area contributed by atoms with Crippen molar-refractivity contribution in [1.29, 1.82) is 0 Å². The predicted molar refractivity (Wildman–Crippen MR) is 297 cm³/mol. The molecule has 1 aliphatic rings. The molecule has 0 amide bonds. The summed E-state index contributed by atoms with van der Waals surface area (Å²) in [7, 11) is 0. The molecular weight excluding hydrogens is 853 g/mol. The van der Waals surface area contributed by atoms with Crippen molar-refractivity contribution >= 4 is 11.9 Å². The minimum absolute atomic E-state index is 0.00508. The van der Waals surface area contributed by atoms with E-state index >= 15 is 0 Å². The number of rotatable bonds is 55. The summed E-state index contributed by atoms with van der Waals surface area (Å²) in [5, 5.41) is 19.2. The van der Waals surface area contributed by atoms with Gasteiger partial charge < -0.3 is 19.7 Å². The molecule has 6 heteroatoms. The number of hydrogen-bond donors (Lipinski definition) is 2. The molecule has 1 fully saturated rings. The first-order chi connectivity index (χ1) is 34.1. The van der Waals surface area contributed by atoms with Crippen molar-refractivity contribution in [3.8, 4) is 0 Å². The van der Waals surface area contributed by atoms with Crippen LogP contribution in [0.15, 0.2) is 12.7 Å². The average molecular weight is 974 g/mol. The average Bonchev–Trinajstić information content (AvgIpc) is 3.41. The van der Waals surface area contributed by atoms with Crippen molar-refractivity contribution in [3.63, 3.8) is 0 Å². The summed E-state index contributed by atoms with van der Waals surface area (Å²) >= 11 is 0. The van der Waals surface area contributed by atoms with Gasteiger partial charge in [-0.15, -0.1) is 6.58 Å². The number of ether oxygens (including phenoxy) is 2. The normalized spacial score (nSPS) is 15.2. The zero-order valence-corrected chi connectivity index (χ0v) is 46.2. The quantitative estimate of drug-likeness (QED) is 0.0358. The number of esters is 2. The van der Waals surface area contributed by atoms with E-state index in [4.69, 9.17) is 9.47 Å². The second-order valence-electron chi connectivity index (χ2n) is 22.5. The van der Waals surface area contributed by atoms with Crippen molar-refractivity contribution in [1.82, 2.24) is 0 Å². The standard InChI is InChI=1S/C63H120O6/c1-2-3-4-5-6-7-8-9-10-11-12-13-14-15-16-17-18-19-20-21-22-23-24-25-26-27-28-29-30-31-32-33-34-35-36-37-38-39-40-41-42-43-44-45-46-47-48-49-50-51-52-53-54-60-55-61(66)68-58-63(56-64,57-65)59-69-62(60)67/h2,60,64-65H,1,3-59H2. The highest BCUT2D eigenvalue weighted by Gasteiger charge is 2.36. The van der Waals surface area contributed by atoms with Crippen LogP contribution in [0.2, 0.25) is 0 Å². The van der Waals surface area contributed by atoms with Crippen molar-refractivity contribution in [2.45, 2.75) is 340 Å². The third kappa shape index (κ3) is 45.0. The van der Waals surface area contributed by atoms with Crippen molar-refractivity contribution in [2.24, 2.45) is 11.3 Å². The third-order valence-corrected chi connectivity index (χ3v) is 15.7. The molecule has 69 heavy (non-hydrogen) atoms. The van der Waals surface area contributed by atoms with Gasteiger partial charge in [-0.3, -0.25) is 9.59 Å². The Bertz CT molecular complexity index is 1070. The van der Waals surface area contributed by atoms with Gasteiger partial charge >= 0.3 is 11.9 Å². The lowest BCUT2D eigenvalue weighted by atomic mass is 9.92. The second-order valence-corrected chi connectivity index (χ2v) is 22.5. The largest absolute Gasteiger partial charge is 0.465 e. The van der Waals surface area contributed by atoms with E-state index in [0.29, 0.717) is 6.42 Å². The van der Waals surface area contributed by atoms with Crippen LogP contribution in [-0.4, -0.2) is 48.6 Å². The molecule has 0 aromatic rings. The van der Waals surface area contributed by atoms with Gasteiger partial charge in [0.15, 0.2) is 0 Å². The number of unbranched alkanes of at least 4 members (excludes halogenated alkanes) is 50. The van der Waals surface area contributed by atoms with Crippen LogP contribution in [0.4, 0.5) is 0 Å². The molecule has 1 atom stereocenters. The third-order valence-electron chi connectivity index (χ3n) is 15.7. The number of allylic oxidation sites excluding steroid dienone is 1. The Hall–Kier alpha value is -1.40. The fourth-order valence-corrected chi connectivity index (χ4v) is 10.6. The fourth-order valence-electron chi connectivity index (χ4n) is 10.6. The highest BCUT2D eigenvalue weighted by Crippen LogP contribution is 2.25. The Morgan fingerprint density at radius 1 is 0.362 bits per heavy atom. The van der Waals surface area contributed by atoms with Gasteiger partial charge in [-0.05, 0) is 19.3 Å².